The molecule has 7 heteroatoms. The van der Waals surface area contributed by atoms with E-state index in [-0.39, 0.29) is 0 Å². The molecular formula is C6H5F3N2O2. The first kappa shape index (κ1) is 9.56. The van der Waals surface area contributed by atoms with Crippen molar-refractivity contribution in [3.63, 3.8) is 0 Å². The van der Waals surface area contributed by atoms with E-state index in [0.717, 1.165) is 19.3 Å². The highest BCUT2D eigenvalue weighted by Crippen LogP contribution is 2.35. The SMILES string of the molecule is Cn1ccc([N+](=O)[O-])c1C(F)(F)F. The predicted molar refractivity (Wildman–Crippen MR) is 37.1 cm³/mol. The maximum absolute atomic E-state index is 12.2. The summed E-state index contributed by atoms with van der Waals surface area (Å²) >= 11 is 0. The van der Waals surface area contributed by atoms with E-state index in [1.807, 2.05) is 0 Å². The Hall–Kier alpha value is -1.53. The van der Waals surface area contributed by atoms with Crippen LogP contribution >= 0.6 is 0 Å². The molecule has 0 saturated carbocycles. The number of nitro groups is 1. The Kier molecular flexibility index (Phi) is 2.02. The predicted octanol–water partition coefficient (Wildman–Crippen LogP) is 1.95. The fraction of sp³-hybridized carbons (Fsp3) is 0.333. The first-order valence-electron chi connectivity index (χ1n) is 3.21. The van der Waals surface area contributed by atoms with Gasteiger partial charge < -0.3 is 4.57 Å². The Balaban J connectivity index is 3.33. The number of aryl methyl sites for hydroxylation is 1. The highest BCUT2D eigenvalue weighted by molar-refractivity contribution is 5.38. The third-order valence-corrected chi connectivity index (χ3v) is 1.52. The molecule has 0 radical (unpaired) electrons. The van der Waals surface area contributed by atoms with Crippen LogP contribution in [-0.4, -0.2) is 9.49 Å². The molecule has 0 unspecified atom stereocenters. The summed E-state index contributed by atoms with van der Waals surface area (Å²) in [6, 6.07) is 0.822. The molecule has 0 N–H and O–H groups in total. The second-order valence-electron chi connectivity index (χ2n) is 2.42. The molecule has 0 fully saturated rings. The maximum atomic E-state index is 12.2. The first-order valence-corrected chi connectivity index (χ1v) is 3.21. The van der Waals surface area contributed by atoms with Crippen molar-refractivity contribution in [3.8, 4) is 0 Å². The second-order valence-corrected chi connectivity index (χ2v) is 2.42. The molecule has 0 bridgehead atoms. The van der Waals surface area contributed by atoms with Gasteiger partial charge in [-0.25, -0.2) is 0 Å². The van der Waals surface area contributed by atoms with Crippen LogP contribution in [0.1, 0.15) is 5.69 Å². The molecule has 4 nitrogen and oxygen atoms in total. The Labute approximate surface area is 70.7 Å². The van der Waals surface area contributed by atoms with Crippen LogP contribution in [0.4, 0.5) is 18.9 Å². The average Bonchev–Trinajstić information content (AvgIpc) is 2.28. The fourth-order valence-electron chi connectivity index (χ4n) is 1.01. The minimum atomic E-state index is -4.69. The lowest BCUT2D eigenvalue weighted by Crippen LogP contribution is -2.12. The molecular weight excluding hydrogens is 189 g/mol. The van der Waals surface area contributed by atoms with Gasteiger partial charge in [0.2, 0.25) is 5.69 Å². The first-order chi connectivity index (χ1) is 5.84. The number of nitrogens with zero attached hydrogens (tertiary/aromatic N) is 2. The van der Waals surface area contributed by atoms with Crippen molar-refractivity contribution in [2.75, 3.05) is 0 Å². The standard InChI is InChI=1S/C6H5F3N2O2/c1-10-3-2-4(11(12)13)5(10)6(7,8)9/h2-3H,1H3. The van der Waals surface area contributed by atoms with E-state index < -0.39 is 22.5 Å². The van der Waals surface area contributed by atoms with Gasteiger partial charge in [-0.2, -0.15) is 13.2 Å². The summed E-state index contributed by atoms with van der Waals surface area (Å²) in [4.78, 5) is 9.12. The van der Waals surface area contributed by atoms with E-state index in [1.54, 1.807) is 0 Å². The summed E-state index contributed by atoms with van der Waals surface area (Å²) in [5, 5.41) is 10.2. The lowest BCUT2D eigenvalue weighted by atomic mass is 10.3. The zero-order valence-corrected chi connectivity index (χ0v) is 6.50. The molecule has 0 spiro atoms. The summed E-state index contributed by atoms with van der Waals surface area (Å²) in [6.07, 6.45) is -3.69. The quantitative estimate of drug-likeness (QED) is 0.506. The third-order valence-electron chi connectivity index (χ3n) is 1.52. The number of halogens is 3. The molecule has 13 heavy (non-hydrogen) atoms. The van der Waals surface area contributed by atoms with E-state index in [0.29, 0.717) is 4.57 Å². The van der Waals surface area contributed by atoms with Gasteiger partial charge in [0.1, 0.15) is 0 Å². The van der Waals surface area contributed by atoms with Crippen LogP contribution in [0.5, 0.6) is 0 Å². The van der Waals surface area contributed by atoms with E-state index >= 15 is 0 Å². The van der Waals surface area contributed by atoms with Crippen LogP contribution < -0.4 is 0 Å². The average molecular weight is 194 g/mol. The van der Waals surface area contributed by atoms with Gasteiger partial charge in [-0.15, -0.1) is 0 Å². The Morgan fingerprint density at radius 3 is 2.38 bits per heavy atom. The summed E-state index contributed by atoms with van der Waals surface area (Å²) in [7, 11) is 1.11. The van der Waals surface area contributed by atoms with E-state index in [4.69, 9.17) is 0 Å². The van der Waals surface area contributed by atoms with Crippen molar-refractivity contribution in [2.24, 2.45) is 7.05 Å². The number of hydrogen-bond acceptors (Lipinski definition) is 2. The van der Waals surface area contributed by atoms with Gasteiger partial charge in [0.05, 0.1) is 4.92 Å². The summed E-state index contributed by atoms with van der Waals surface area (Å²) < 4.78 is 37.2. The summed E-state index contributed by atoms with van der Waals surface area (Å²) in [6.45, 7) is 0. The minimum Gasteiger partial charge on any atom is -0.341 e. The molecule has 72 valence electrons. The van der Waals surface area contributed by atoms with Gasteiger partial charge in [-0.05, 0) is 0 Å². The Bertz CT molecular complexity index is 342. The van der Waals surface area contributed by atoms with E-state index in [1.165, 1.54) is 0 Å². The zero-order chi connectivity index (χ0) is 10.2. The Morgan fingerprint density at radius 1 is 1.54 bits per heavy atom. The van der Waals surface area contributed by atoms with Gasteiger partial charge in [0.15, 0.2) is 0 Å². The van der Waals surface area contributed by atoms with Crippen LogP contribution in [-0.2, 0) is 13.2 Å². The van der Waals surface area contributed by atoms with Gasteiger partial charge in [0.25, 0.3) is 5.69 Å². The zero-order valence-electron chi connectivity index (χ0n) is 6.50. The smallest absolute Gasteiger partial charge is 0.341 e. The van der Waals surface area contributed by atoms with Crippen LogP contribution in [0, 0.1) is 10.1 Å². The number of hydrogen-bond donors (Lipinski definition) is 0. The highest BCUT2D eigenvalue weighted by Gasteiger charge is 2.41. The lowest BCUT2D eigenvalue weighted by molar-refractivity contribution is -0.388. The van der Waals surface area contributed by atoms with Crippen molar-refractivity contribution in [3.05, 3.63) is 28.1 Å². The van der Waals surface area contributed by atoms with E-state index in [9.17, 15) is 23.3 Å². The molecule has 0 aliphatic carbocycles. The topological polar surface area (TPSA) is 48.1 Å². The normalized spacial score (nSPS) is 11.7. The molecule has 0 aliphatic heterocycles. The van der Waals surface area contributed by atoms with Gasteiger partial charge in [-0.3, -0.25) is 10.1 Å². The van der Waals surface area contributed by atoms with Crippen molar-refractivity contribution >= 4 is 5.69 Å². The van der Waals surface area contributed by atoms with Crippen LogP contribution in [0.25, 0.3) is 0 Å². The molecule has 0 atom stereocenters. The molecule has 0 aliphatic rings. The van der Waals surface area contributed by atoms with Crippen molar-refractivity contribution in [1.82, 2.24) is 4.57 Å². The van der Waals surface area contributed by atoms with Crippen LogP contribution in [0.15, 0.2) is 12.3 Å². The van der Waals surface area contributed by atoms with Crippen LogP contribution in [0.3, 0.4) is 0 Å². The van der Waals surface area contributed by atoms with E-state index in [2.05, 4.69) is 0 Å². The minimum absolute atomic E-state index is 0.679. The molecule has 1 aromatic rings. The second kappa shape index (κ2) is 2.75. The maximum Gasteiger partial charge on any atom is 0.438 e. The number of aromatic nitrogens is 1. The highest BCUT2D eigenvalue weighted by atomic mass is 19.4. The molecule has 0 aromatic carbocycles. The lowest BCUT2D eigenvalue weighted by Gasteiger charge is -2.06. The third kappa shape index (κ3) is 1.63. The van der Waals surface area contributed by atoms with Gasteiger partial charge in [0, 0.05) is 19.3 Å². The van der Waals surface area contributed by atoms with Crippen molar-refractivity contribution in [1.29, 1.82) is 0 Å². The summed E-state index contributed by atoms with van der Waals surface area (Å²) in [5.41, 5.74) is -2.16. The molecule has 1 heterocycles. The monoisotopic (exact) mass is 194 g/mol. The van der Waals surface area contributed by atoms with Crippen LogP contribution in [0.2, 0.25) is 0 Å². The van der Waals surface area contributed by atoms with Crippen molar-refractivity contribution in [2.45, 2.75) is 6.18 Å². The summed E-state index contributed by atoms with van der Waals surface area (Å²) in [5.74, 6) is 0. The molecule has 1 rings (SSSR count). The molecule has 0 saturated heterocycles. The number of rotatable bonds is 1. The van der Waals surface area contributed by atoms with Crippen molar-refractivity contribution < 1.29 is 18.1 Å². The molecule has 0 amide bonds. The van der Waals surface area contributed by atoms with Gasteiger partial charge >= 0.3 is 6.18 Å². The largest absolute Gasteiger partial charge is 0.438 e. The Morgan fingerprint density at radius 2 is 2.08 bits per heavy atom. The fourth-order valence-corrected chi connectivity index (χ4v) is 1.01. The molecule has 1 aromatic heterocycles. The number of alkyl halides is 3. The van der Waals surface area contributed by atoms with Gasteiger partial charge in [-0.1, -0.05) is 0 Å².